The minimum Gasteiger partial charge on any atom is -0.301 e. The van der Waals surface area contributed by atoms with Crippen LogP contribution in [0.15, 0.2) is 35.0 Å². The summed E-state index contributed by atoms with van der Waals surface area (Å²) in [7, 11) is 4.30. The molecule has 15 heavy (non-hydrogen) atoms. The van der Waals surface area contributed by atoms with Crippen LogP contribution >= 0.6 is 22.7 Å². The summed E-state index contributed by atoms with van der Waals surface area (Å²) in [6, 6.07) is 9.22. The number of hydrogen-bond donors (Lipinski definition) is 0. The molecular formula is C12H15NS2. The maximum absolute atomic E-state index is 2.30. The molecule has 0 bridgehead atoms. The Bertz CT molecular complexity index is 376. The SMILES string of the molecule is CN(C)C(Cc1cccs1)c1cccs1. The fraction of sp³-hybridized carbons (Fsp3) is 0.333. The van der Waals surface area contributed by atoms with E-state index < -0.39 is 0 Å². The fourth-order valence-electron chi connectivity index (χ4n) is 1.64. The second-order valence-corrected chi connectivity index (χ2v) is 5.79. The number of thiophene rings is 2. The predicted molar refractivity (Wildman–Crippen MR) is 68.8 cm³/mol. The van der Waals surface area contributed by atoms with E-state index in [-0.39, 0.29) is 0 Å². The van der Waals surface area contributed by atoms with Crippen molar-refractivity contribution in [1.29, 1.82) is 0 Å². The van der Waals surface area contributed by atoms with Gasteiger partial charge in [0.2, 0.25) is 0 Å². The summed E-state index contributed by atoms with van der Waals surface area (Å²) in [4.78, 5) is 5.21. The lowest BCUT2D eigenvalue weighted by molar-refractivity contribution is 0.303. The standard InChI is InChI=1S/C12H15NS2/c1-13(2)11(12-6-4-8-15-12)9-10-5-3-7-14-10/h3-8,11H,9H2,1-2H3. The third-order valence-corrected chi connectivity index (χ3v) is 4.34. The van der Waals surface area contributed by atoms with Gasteiger partial charge in [-0.2, -0.15) is 0 Å². The lowest BCUT2D eigenvalue weighted by atomic mass is 10.1. The molecule has 0 aliphatic rings. The average Bonchev–Trinajstić information content (AvgIpc) is 2.87. The molecule has 2 aromatic rings. The first-order valence-corrected chi connectivity index (χ1v) is 6.75. The van der Waals surface area contributed by atoms with Crippen LogP contribution in [0.4, 0.5) is 0 Å². The van der Waals surface area contributed by atoms with E-state index in [2.05, 4.69) is 54.0 Å². The molecule has 0 amide bonds. The summed E-state index contributed by atoms with van der Waals surface area (Å²) in [5.74, 6) is 0. The lowest BCUT2D eigenvalue weighted by Gasteiger charge is -2.22. The molecule has 1 nitrogen and oxygen atoms in total. The molecule has 0 saturated carbocycles. The minimum absolute atomic E-state index is 0.517. The van der Waals surface area contributed by atoms with Crippen molar-refractivity contribution in [2.45, 2.75) is 12.5 Å². The Morgan fingerprint density at radius 2 is 1.87 bits per heavy atom. The molecule has 0 spiro atoms. The summed E-state index contributed by atoms with van der Waals surface area (Å²) in [6.45, 7) is 0. The second-order valence-electron chi connectivity index (χ2n) is 3.78. The van der Waals surface area contributed by atoms with Crippen LogP contribution in [0.5, 0.6) is 0 Å². The molecule has 0 aliphatic carbocycles. The molecule has 0 N–H and O–H groups in total. The molecule has 0 radical (unpaired) electrons. The zero-order valence-corrected chi connectivity index (χ0v) is 10.6. The molecule has 80 valence electrons. The van der Waals surface area contributed by atoms with Crippen molar-refractivity contribution in [3.63, 3.8) is 0 Å². The molecular weight excluding hydrogens is 222 g/mol. The van der Waals surface area contributed by atoms with Crippen molar-refractivity contribution >= 4 is 22.7 Å². The first-order valence-electron chi connectivity index (χ1n) is 4.99. The number of hydrogen-bond acceptors (Lipinski definition) is 3. The van der Waals surface area contributed by atoms with E-state index in [0.29, 0.717) is 6.04 Å². The Morgan fingerprint density at radius 3 is 2.40 bits per heavy atom. The summed E-state index contributed by atoms with van der Waals surface area (Å²) < 4.78 is 0. The van der Waals surface area contributed by atoms with Crippen LogP contribution in [0, 0.1) is 0 Å². The maximum Gasteiger partial charge on any atom is 0.0483 e. The van der Waals surface area contributed by atoms with Gasteiger partial charge in [0, 0.05) is 22.2 Å². The Balaban J connectivity index is 2.14. The van der Waals surface area contributed by atoms with Gasteiger partial charge < -0.3 is 4.90 Å². The van der Waals surface area contributed by atoms with E-state index in [0.717, 1.165) is 6.42 Å². The minimum atomic E-state index is 0.517. The van der Waals surface area contributed by atoms with E-state index in [9.17, 15) is 0 Å². The van der Waals surface area contributed by atoms with Crippen molar-refractivity contribution < 1.29 is 0 Å². The van der Waals surface area contributed by atoms with Crippen molar-refractivity contribution in [2.24, 2.45) is 0 Å². The summed E-state index contributed by atoms with van der Waals surface area (Å²) in [5, 5.41) is 4.30. The highest BCUT2D eigenvalue weighted by Gasteiger charge is 2.15. The van der Waals surface area contributed by atoms with Crippen LogP contribution < -0.4 is 0 Å². The van der Waals surface area contributed by atoms with Crippen molar-refractivity contribution in [3.05, 3.63) is 44.8 Å². The smallest absolute Gasteiger partial charge is 0.0483 e. The summed E-state index contributed by atoms with van der Waals surface area (Å²) >= 11 is 3.69. The molecule has 2 heterocycles. The molecule has 2 rings (SSSR count). The maximum atomic E-state index is 2.30. The van der Waals surface area contributed by atoms with E-state index in [1.807, 2.05) is 22.7 Å². The molecule has 1 unspecified atom stereocenters. The highest BCUT2D eigenvalue weighted by molar-refractivity contribution is 7.10. The van der Waals surface area contributed by atoms with Crippen molar-refractivity contribution in [2.75, 3.05) is 14.1 Å². The van der Waals surface area contributed by atoms with E-state index in [1.54, 1.807) is 0 Å². The Labute approximate surface area is 99.0 Å². The van der Waals surface area contributed by atoms with Gasteiger partial charge in [0.15, 0.2) is 0 Å². The fourth-order valence-corrected chi connectivity index (χ4v) is 3.30. The van der Waals surface area contributed by atoms with Gasteiger partial charge in [0.25, 0.3) is 0 Å². The van der Waals surface area contributed by atoms with Crippen LogP contribution in [0.1, 0.15) is 15.8 Å². The van der Waals surface area contributed by atoms with E-state index in [1.165, 1.54) is 9.75 Å². The molecule has 0 fully saturated rings. The quantitative estimate of drug-likeness (QED) is 0.784. The monoisotopic (exact) mass is 237 g/mol. The first kappa shape index (κ1) is 10.9. The third kappa shape index (κ3) is 2.68. The zero-order valence-electron chi connectivity index (χ0n) is 9.01. The van der Waals surface area contributed by atoms with Crippen LogP contribution in [-0.2, 0) is 6.42 Å². The molecule has 0 aromatic carbocycles. The van der Waals surface area contributed by atoms with Gasteiger partial charge in [-0.25, -0.2) is 0 Å². The van der Waals surface area contributed by atoms with Gasteiger partial charge in [0.1, 0.15) is 0 Å². The van der Waals surface area contributed by atoms with Gasteiger partial charge in [-0.1, -0.05) is 12.1 Å². The molecule has 0 saturated heterocycles. The highest BCUT2D eigenvalue weighted by atomic mass is 32.1. The zero-order chi connectivity index (χ0) is 10.7. The Kier molecular flexibility index (Phi) is 3.57. The molecule has 1 atom stereocenters. The van der Waals surface area contributed by atoms with Crippen LogP contribution in [-0.4, -0.2) is 19.0 Å². The number of rotatable bonds is 4. The Hall–Kier alpha value is -0.640. The van der Waals surface area contributed by atoms with Gasteiger partial charge in [-0.15, -0.1) is 22.7 Å². The number of likely N-dealkylation sites (N-methyl/N-ethyl adjacent to an activating group) is 1. The van der Waals surface area contributed by atoms with Crippen LogP contribution in [0.3, 0.4) is 0 Å². The van der Waals surface area contributed by atoms with Crippen molar-refractivity contribution in [3.8, 4) is 0 Å². The van der Waals surface area contributed by atoms with Gasteiger partial charge in [-0.3, -0.25) is 0 Å². The topological polar surface area (TPSA) is 3.24 Å². The third-order valence-electron chi connectivity index (χ3n) is 2.47. The van der Waals surface area contributed by atoms with Crippen molar-refractivity contribution in [1.82, 2.24) is 4.90 Å². The van der Waals surface area contributed by atoms with Gasteiger partial charge in [-0.05, 0) is 37.0 Å². The summed E-state index contributed by atoms with van der Waals surface area (Å²) in [6.07, 6.45) is 1.12. The Morgan fingerprint density at radius 1 is 1.13 bits per heavy atom. The summed E-state index contributed by atoms with van der Waals surface area (Å²) in [5.41, 5.74) is 0. The first-order chi connectivity index (χ1) is 7.27. The lowest BCUT2D eigenvalue weighted by Crippen LogP contribution is -2.20. The molecule has 2 aromatic heterocycles. The molecule has 0 aliphatic heterocycles. The normalized spacial score (nSPS) is 13.3. The van der Waals surface area contributed by atoms with E-state index >= 15 is 0 Å². The van der Waals surface area contributed by atoms with E-state index in [4.69, 9.17) is 0 Å². The predicted octanol–water partition coefficient (Wildman–Crippen LogP) is 3.66. The largest absolute Gasteiger partial charge is 0.301 e. The van der Waals surface area contributed by atoms with Gasteiger partial charge >= 0.3 is 0 Å². The second kappa shape index (κ2) is 4.92. The molecule has 3 heteroatoms. The van der Waals surface area contributed by atoms with Gasteiger partial charge in [0.05, 0.1) is 0 Å². The highest BCUT2D eigenvalue weighted by Crippen LogP contribution is 2.28. The van der Waals surface area contributed by atoms with Crippen LogP contribution in [0.25, 0.3) is 0 Å². The number of nitrogens with zero attached hydrogens (tertiary/aromatic N) is 1. The van der Waals surface area contributed by atoms with Crippen LogP contribution in [0.2, 0.25) is 0 Å². The average molecular weight is 237 g/mol.